The summed E-state index contributed by atoms with van der Waals surface area (Å²) >= 11 is 0. The number of rotatable bonds is 3. The summed E-state index contributed by atoms with van der Waals surface area (Å²) in [6.07, 6.45) is 4.75. The summed E-state index contributed by atoms with van der Waals surface area (Å²) in [5.41, 5.74) is 3.08. The second-order valence-corrected chi connectivity index (χ2v) is 5.98. The van der Waals surface area contributed by atoms with E-state index in [1.165, 1.54) is 24.1 Å². The molecule has 1 unspecified atom stereocenters. The predicted octanol–water partition coefficient (Wildman–Crippen LogP) is 2.91. The van der Waals surface area contributed by atoms with E-state index in [9.17, 15) is 0 Å². The lowest BCUT2D eigenvalue weighted by Gasteiger charge is -2.11. The first-order chi connectivity index (χ1) is 8.12. The molecular formula is C14H21N3. The fourth-order valence-corrected chi connectivity index (χ4v) is 2.83. The van der Waals surface area contributed by atoms with Gasteiger partial charge < -0.3 is 5.32 Å². The highest BCUT2D eigenvalue weighted by Gasteiger charge is 2.49. The van der Waals surface area contributed by atoms with E-state index in [1.807, 2.05) is 0 Å². The highest BCUT2D eigenvalue weighted by Crippen LogP contribution is 2.57. The van der Waals surface area contributed by atoms with Crippen molar-refractivity contribution >= 4 is 5.82 Å². The fraction of sp³-hybridized carbons (Fsp3) is 0.714. The van der Waals surface area contributed by atoms with Gasteiger partial charge in [-0.3, -0.25) is 0 Å². The van der Waals surface area contributed by atoms with E-state index >= 15 is 0 Å². The molecule has 1 saturated carbocycles. The monoisotopic (exact) mass is 231 g/mol. The Bertz CT molecular complexity index is 451. The summed E-state index contributed by atoms with van der Waals surface area (Å²) in [5.74, 6) is 2.75. The number of hydrogen-bond donors (Lipinski definition) is 1. The molecule has 1 fully saturated rings. The van der Waals surface area contributed by atoms with Crippen LogP contribution in [-0.2, 0) is 12.8 Å². The number of anilines is 1. The lowest BCUT2D eigenvalue weighted by atomic mass is 10.1. The lowest BCUT2D eigenvalue weighted by molar-refractivity contribution is 0.607. The van der Waals surface area contributed by atoms with Crippen LogP contribution in [0, 0.1) is 5.41 Å². The first-order valence-electron chi connectivity index (χ1n) is 6.75. The number of aryl methyl sites for hydroxylation is 1. The molecule has 1 aromatic rings. The molecule has 0 spiro atoms. The molecule has 0 amide bonds. The second kappa shape index (κ2) is 3.69. The van der Waals surface area contributed by atoms with Crippen LogP contribution in [0.5, 0.6) is 0 Å². The molecule has 0 saturated heterocycles. The number of hydrogen-bond acceptors (Lipinski definition) is 3. The Morgan fingerprint density at radius 2 is 2.06 bits per heavy atom. The van der Waals surface area contributed by atoms with Crippen LogP contribution >= 0.6 is 0 Å². The van der Waals surface area contributed by atoms with Crippen molar-refractivity contribution in [3.63, 3.8) is 0 Å². The molecule has 1 N–H and O–H groups in total. The molecular weight excluding hydrogens is 210 g/mol. The average Bonchev–Trinajstić information content (AvgIpc) is 2.74. The summed E-state index contributed by atoms with van der Waals surface area (Å²) in [6, 6.07) is 0. The molecule has 0 aliphatic heterocycles. The van der Waals surface area contributed by atoms with Crippen LogP contribution in [0.2, 0.25) is 0 Å². The minimum absolute atomic E-state index is 0.413. The molecule has 2 aliphatic carbocycles. The van der Waals surface area contributed by atoms with Crippen molar-refractivity contribution in [3.05, 3.63) is 17.1 Å². The maximum atomic E-state index is 4.80. The number of nitrogens with zero attached hydrogens (tertiary/aromatic N) is 2. The van der Waals surface area contributed by atoms with Gasteiger partial charge in [-0.05, 0) is 38.0 Å². The Kier molecular flexibility index (Phi) is 2.39. The molecule has 0 bridgehead atoms. The SMILES string of the molecule is CCNc1nc(C2CC2(C)C)nc2c1CCC2. The molecule has 92 valence electrons. The van der Waals surface area contributed by atoms with Crippen LogP contribution in [0.3, 0.4) is 0 Å². The Hall–Kier alpha value is -1.12. The van der Waals surface area contributed by atoms with Crippen LogP contribution in [0.4, 0.5) is 5.82 Å². The third kappa shape index (κ3) is 1.81. The zero-order valence-electron chi connectivity index (χ0n) is 11.0. The van der Waals surface area contributed by atoms with E-state index < -0.39 is 0 Å². The summed E-state index contributed by atoms with van der Waals surface area (Å²) < 4.78 is 0. The van der Waals surface area contributed by atoms with Gasteiger partial charge in [0, 0.05) is 23.7 Å². The van der Waals surface area contributed by atoms with Crippen LogP contribution in [0.15, 0.2) is 0 Å². The molecule has 0 aromatic carbocycles. The van der Waals surface area contributed by atoms with Crippen molar-refractivity contribution < 1.29 is 0 Å². The maximum Gasteiger partial charge on any atom is 0.134 e. The van der Waals surface area contributed by atoms with Gasteiger partial charge in [0.05, 0.1) is 0 Å². The average molecular weight is 231 g/mol. The van der Waals surface area contributed by atoms with Gasteiger partial charge in [-0.2, -0.15) is 0 Å². The van der Waals surface area contributed by atoms with Crippen LogP contribution in [0.1, 0.15) is 56.6 Å². The molecule has 3 rings (SSSR count). The minimum Gasteiger partial charge on any atom is -0.370 e. The first-order valence-corrected chi connectivity index (χ1v) is 6.75. The minimum atomic E-state index is 0.413. The first kappa shape index (κ1) is 11.0. The smallest absolute Gasteiger partial charge is 0.134 e. The third-order valence-corrected chi connectivity index (χ3v) is 4.12. The molecule has 0 radical (unpaired) electrons. The van der Waals surface area contributed by atoms with Crippen molar-refractivity contribution in [2.24, 2.45) is 5.41 Å². The second-order valence-electron chi connectivity index (χ2n) is 5.98. The van der Waals surface area contributed by atoms with Gasteiger partial charge in [-0.1, -0.05) is 13.8 Å². The van der Waals surface area contributed by atoms with Gasteiger partial charge >= 0.3 is 0 Å². The van der Waals surface area contributed by atoms with Crippen LogP contribution in [0.25, 0.3) is 0 Å². The van der Waals surface area contributed by atoms with Gasteiger partial charge in [0.25, 0.3) is 0 Å². The van der Waals surface area contributed by atoms with Gasteiger partial charge in [0.15, 0.2) is 0 Å². The normalized spacial score (nSPS) is 24.5. The van der Waals surface area contributed by atoms with Crippen molar-refractivity contribution in [1.29, 1.82) is 0 Å². The van der Waals surface area contributed by atoms with Crippen LogP contribution < -0.4 is 5.32 Å². The van der Waals surface area contributed by atoms with E-state index in [0.29, 0.717) is 11.3 Å². The Labute approximate surface area is 103 Å². The van der Waals surface area contributed by atoms with Crippen molar-refractivity contribution in [2.75, 3.05) is 11.9 Å². The molecule has 3 heteroatoms. The highest BCUT2D eigenvalue weighted by molar-refractivity contribution is 5.49. The summed E-state index contributed by atoms with van der Waals surface area (Å²) in [4.78, 5) is 9.57. The zero-order chi connectivity index (χ0) is 12.0. The topological polar surface area (TPSA) is 37.8 Å². The summed E-state index contributed by atoms with van der Waals surface area (Å²) in [7, 11) is 0. The van der Waals surface area contributed by atoms with Gasteiger partial charge in [-0.25, -0.2) is 9.97 Å². The zero-order valence-corrected chi connectivity index (χ0v) is 11.0. The Balaban J connectivity index is 1.98. The fourth-order valence-electron chi connectivity index (χ4n) is 2.83. The Morgan fingerprint density at radius 1 is 1.29 bits per heavy atom. The van der Waals surface area contributed by atoms with Crippen molar-refractivity contribution in [3.8, 4) is 0 Å². The van der Waals surface area contributed by atoms with Crippen molar-refractivity contribution in [1.82, 2.24) is 9.97 Å². The number of nitrogens with one attached hydrogen (secondary N) is 1. The van der Waals surface area contributed by atoms with E-state index in [0.717, 1.165) is 31.0 Å². The van der Waals surface area contributed by atoms with Gasteiger partial charge in [0.2, 0.25) is 0 Å². The highest BCUT2D eigenvalue weighted by atomic mass is 15.0. The quantitative estimate of drug-likeness (QED) is 0.869. The lowest BCUT2D eigenvalue weighted by Crippen LogP contribution is -2.09. The third-order valence-electron chi connectivity index (χ3n) is 4.12. The molecule has 17 heavy (non-hydrogen) atoms. The summed E-state index contributed by atoms with van der Waals surface area (Å²) in [6.45, 7) is 7.68. The largest absolute Gasteiger partial charge is 0.370 e. The number of aromatic nitrogens is 2. The number of fused-ring (bicyclic) bond motifs is 1. The Morgan fingerprint density at radius 3 is 2.71 bits per heavy atom. The van der Waals surface area contributed by atoms with E-state index in [2.05, 4.69) is 26.1 Å². The predicted molar refractivity (Wildman–Crippen MR) is 69.4 cm³/mol. The molecule has 3 nitrogen and oxygen atoms in total. The van der Waals surface area contributed by atoms with Crippen molar-refractivity contribution in [2.45, 2.75) is 52.4 Å². The molecule has 1 heterocycles. The van der Waals surface area contributed by atoms with E-state index in [4.69, 9.17) is 9.97 Å². The van der Waals surface area contributed by atoms with E-state index in [1.54, 1.807) is 0 Å². The molecule has 1 aromatic heterocycles. The molecule has 1 atom stereocenters. The van der Waals surface area contributed by atoms with Gasteiger partial charge in [0.1, 0.15) is 11.6 Å². The molecule has 2 aliphatic rings. The maximum absolute atomic E-state index is 4.80. The summed E-state index contributed by atoms with van der Waals surface area (Å²) in [5, 5.41) is 3.41. The van der Waals surface area contributed by atoms with E-state index in [-0.39, 0.29) is 0 Å². The van der Waals surface area contributed by atoms with Gasteiger partial charge in [-0.15, -0.1) is 0 Å². The standard InChI is InChI=1S/C14H21N3/c1-4-15-12-9-6-5-7-11(9)16-13(17-12)10-8-14(10,2)3/h10H,4-8H2,1-3H3,(H,15,16,17). The van der Waals surface area contributed by atoms with Crippen LogP contribution in [-0.4, -0.2) is 16.5 Å².